The van der Waals surface area contributed by atoms with Gasteiger partial charge in [-0.25, -0.2) is 0 Å². The number of pyridine rings is 1. The first-order valence-corrected chi connectivity index (χ1v) is 12.8. The summed E-state index contributed by atoms with van der Waals surface area (Å²) < 4.78 is 7.81. The molecule has 0 aliphatic heterocycles. The largest absolute Gasteiger partial charge is 0.487 e. The first-order valence-electron chi connectivity index (χ1n) is 12.8. The monoisotopic (exact) mass is 491 g/mol. The number of hydrogen-bond donors (Lipinski definition) is 0. The van der Waals surface area contributed by atoms with Crippen LogP contribution >= 0.6 is 0 Å². The van der Waals surface area contributed by atoms with Gasteiger partial charge >= 0.3 is 0 Å². The first kappa shape index (κ1) is 24.6. The molecule has 188 valence electrons. The fourth-order valence-electron chi connectivity index (χ4n) is 4.68. The maximum absolute atomic E-state index is 5.96. The standard InChI is InChI=1S/C31H33N5O/c1-21(2)30-34-33-29-18-17-28(35-36(29)30)23-9-11-24(12-10-23)31(5,22(3)4)25-13-15-27(16-14-25)37-20-26-8-6-7-19-32-26/h6-19,21-22H,20H2,1-5H3. The molecule has 0 aliphatic carbocycles. The van der Waals surface area contributed by atoms with Gasteiger partial charge in [0.25, 0.3) is 0 Å². The Bertz CT molecular complexity index is 1470. The molecule has 0 radical (unpaired) electrons. The Balaban J connectivity index is 1.39. The van der Waals surface area contributed by atoms with Crippen LogP contribution in [-0.4, -0.2) is 24.8 Å². The average Bonchev–Trinajstić information content (AvgIpc) is 3.36. The van der Waals surface area contributed by atoms with E-state index in [9.17, 15) is 0 Å². The van der Waals surface area contributed by atoms with Gasteiger partial charge in [-0.15, -0.1) is 10.2 Å². The van der Waals surface area contributed by atoms with Crippen LogP contribution < -0.4 is 4.74 Å². The maximum Gasteiger partial charge on any atom is 0.177 e. The summed E-state index contributed by atoms with van der Waals surface area (Å²) in [6.07, 6.45) is 1.79. The van der Waals surface area contributed by atoms with Crippen molar-refractivity contribution >= 4 is 5.65 Å². The molecule has 0 bridgehead atoms. The third kappa shape index (κ3) is 4.84. The topological polar surface area (TPSA) is 65.2 Å². The van der Waals surface area contributed by atoms with E-state index in [2.05, 4.69) is 98.3 Å². The summed E-state index contributed by atoms with van der Waals surface area (Å²) in [4.78, 5) is 4.33. The molecule has 6 heteroatoms. The molecule has 3 heterocycles. The lowest BCUT2D eigenvalue weighted by atomic mass is 9.68. The zero-order valence-corrected chi connectivity index (χ0v) is 22.1. The Morgan fingerprint density at radius 1 is 0.811 bits per heavy atom. The SMILES string of the molecule is CC(C)c1nnc2ccc(-c3ccc(C(C)(c4ccc(OCc5ccccn5)cc4)C(C)C)cc3)nn12. The Kier molecular flexibility index (Phi) is 6.74. The van der Waals surface area contributed by atoms with Crippen LogP contribution in [-0.2, 0) is 12.0 Å². The molecule has 0 saturated heterocycles. The fourth-order valence-corrected chi connectivity index (χ4v) is 4.68. The molecular formula is C31H33N5O. The van der Waals surface area contributed by atoms with E-state index in [-0.39, 0.29) is 11.3 Å². The average molecular weight is 492 g/mol. The van der Waals surface area contributed by atoms with Crippen molar-refractivity contribution in [2.24, 2.45) is 5.92 Å². The number of fused-ring (bicyclic) bond motifs is 1. The highest BCUT2D eigenvalue weighted by Crippen LogP contribution is 2.40. The summed E-state index contributed by atoms with van der Waals surface area (Å²) >= 11 is 0. The molecule has 0 fully saturated rings. The van der Waals surface area contributed by atoms with Gasteiger partial charge in [0, 0.05) is 23.1 Å². The van der Waals surface area contributed by atoms with E-state index < -0.39 is 0 Å². The Labute approximate surface area is 218 Å². The lowest BCUT2D eigenvalue weighted by Crippen LogP contribution is -2.30. The van der Waals surface area contributed by atoms with Crippen molar-refractivity contribution in [1.82, 2.24) is 24.8 Å². The van der Waals surface area contributed by atoms with Crippen molar-refractivity contribution < 1.29 is 4.74 Å². The van der Waals surface area contributed by atoms with Crippen LogP contribution in [0.1, 0.15) is 63.2 Å². The Morgan fingerprint density at radius 2 is 1.51 bits per heavy atom. The molecule has 0 spiro atoms. The molecule has 1 unspecified atom stereocenters. The Hall–Kier alpha value is -4.06. The van der Waals surface area contributed by atoms with Crippen molar-refractivity contribution in [1.29, 1.82) is 0 Å². The van der Waals surface area contributed by atoms with Crippen molar-refractivity contribution in [3.8, 4) is 17.0 Å². The number of hydrogen-bond acceptors (Lipinski definition) is 5. The van der Waals surface area contributed by atoms with Crippen LogP contribution in [0.4, 0.5) is 0 Å². The van der Waals surface area contributed by atoms with Crippen LogP contribution in [0.15, 0.2) is 85.1 Å². The van der Waals surface area contributed by atoms with Gasteiger partial charge in [-0.1, -0.05) is 77.1 Å². The predicted molar refractivity (Wildman–Crippen MR) is 147 cm³/mol. The molecule has 0 amide bonds. The van der Waals surface area contributed by atoms with Crippen LogP contribution in [0.5, 0.6) is 5.75 Å². The molecule has 1 atom stereocenters. The van der Waals surface area contributed by atoms with E-state index >= 15 is 0 Å². The van der Waals surface area contributed by atoms with Gasteiger partial charge in [0.05, 0.1) is 11.4 Å². The summed E-state index contributed by atoms with van der Waals surface area (Å²) in [5.41, 5.74) is 6.02. The van der Waals surface area contributed by atoms with E-state index in [0.29, 0.717) is 12.5 Å². The highest BCUT2D eigenvalue weighted by molar-refractivity contribution is 5.61. The predicted octanol–water partition coefficient (Wildman–Crippen LogP) is 6.85. The van der Waals surface area contributed by atoms with Gasteiger partial charge in [0.15, 0.2) is 11.5 Å². The lowest BCUT2D eigenvalue weighted by Gasteiger charge is -2.35. The van der Waals surface area contributed by atoms with Gasteiger partial charge < -0.3 is 4.74 Å². The van der Waals surface area contributed by atoms with Crippen LogP contribution in [0, 0.1) is 5.92 Å². The summed E-state index contributed by atoms with van der Waals surface area (Å²) in [5.74, 6) is 2.35. The minimum atomic E-state index is -0.158. The third-order valence-corrected chi connectivity index (χ3v) is 7.31. The number of benzene rings is 2. The number of rotatable bonds is 8. The molecule has 2 aromatic carbocycles. The van der Waals surface area contributed by atoms with Gasteiger partial charge in [0.1, 0.15) is 12.4 Å². The van der Waals surface area contributed by atoms with Crippen molar-refractivity contribution in [3.05, 3.63) is 108 Å². The second kappa shape index (κ2) is 10.1. The third-order valence-electron chi connectivity index (χ3n) is 7.31. The van der Waals surface area contributed by atoms with E-state index in [0.717, 1.165) is 34.2 Å². The van der Waals surface area contributed by atoms with Crippen molar-refractivity contribution in [3.63, 3.8) is 0 Å². The number of nitrogens with zero attached hydrogens (tertiary/aromatic N) is 5. The smallest absolute Gasteiger partial charge is 0.177 e. The molecule has 37 heavy (non-hydrogen) atoms. The van der Waals surface area contributed by atoms with E-state index in [4.69, 9.17) is 9.84 Å². The summed E-state index contributed by atoms with van der Waals surface area (Å²) in [6.45, 7) is 11.5. The molecule has 0 aliphatic rings. The summed E-state index contributed by atoms with van der Waals surface area (Å²) in [5, 5.41) is 13.4. The highest BCUT2D eigenvalue weighted by Gasteiger charge is 2.32. The van der Waals surface area contributed by atoms with Gasteiger partial charge in [-0.05, 0) is 53.4 Å². The second-order valence-electron chi connectivity index (χ2n) is 10.3. The van der Waals surface area contributed by atoms with E-state index in [1.165, 1.54) is 11.1 Å². The summed E-state index contributed by atoms with van der Waals surface area (Å²) in [7, 11) is 0. The highest BCUT2D eigenvalue weighted by atomic mass is 16.5. The fraction of sp³-hybridized carbons (Fsp3) is 0.290. The minimum absolute atomic E-state index is 0.158. The number of ether oxygens (including phenoxy) is 1. The first-order chi connectivity index (χ1) is 17.9. The normalized spacial score (nSPS) is 13.3. The zero-order chi connectivity index (χ0) is 26.0. The zero-order valence-electron chi connectivity index (χ0n) is 22.1. The van der Waals surface area contributed by atoms with Crippen molar-refractivity contribution in [2.75, 3.05) is 0 Å². The molecule has 0 saturated carbocycles. The van der Waals surface area contributed by atoms with Gasteiger partial charge in [0.2, 0.25) is 0 Å². The van der Waals surface area contributed by atoms with Gasteiger partial charge in [-0.3, -0.25) is 4.98 Å². The second-order valence-corrected chi connectivity index (χ2v) is 10.3. The molecule has 5 aromatic rings. The van der Waals surface area contributed by atoms with Crippen LogP contribution in [0.25, 0.3) is 16.9 Å². The molecule has 6 nitrogen and oxygen atoms in total. The maximum atomic E-state index is 5.96. The van der Waals surface area contributed by atoms with Crippen LogP contribution in [0.3, 0.4) is 0 Å². The minimum Gasteiger partial charge on any atom is -0.487 e. The molecular weight excluding hydrogens is 458 g/mol. The number of aromatic nitrogens is 5. The van der Waals surface area contributed by atoms with Crippen LogP contribution in [0.2, 0.25) is 0 Å². The Morgan fingerprint density at radius 3 is 2.14 bits per heavy atom. The van der Waals surface area contributed by atoms with Gasteiger partial charge in [-0.2, -0.15) is 9.61 Å². The van der Waals surface area contributed by atoms with Crippen molar-refractivity contribution in [2.45, 2.75) is 52.6 Å². The molecule has 5 rings (SSSR count). The summed E-state index contributed by atoms with van der Waals surface area (Å²) in [6, 6.07) is 27.1. The molecule has 0 N–H and O–H groups in total. The quantitative estimate of drug-likeness (QED) is 0.237. The van der Waals surface area contributed by atoms with E-state index in [1.54, 1.807) is 6.20 Å². The lowest BCUT2D eigenvalue weighted by molar-refractivity contribution is 0.301. The van der Waals surface area contributed by atoms with E-state index in [1.807, 2.05) is 34.8 Å². The molecule has 3 aromatic heterocycles.